The zero-order valence-electron chi connectivity index (χ0n) is 27.7. The van der Waals surface area contributed by atoms with Crippen molar-refractivity contribution in [3.8, 4) is 33.4 Å². The van der Waals surface area contributed by atoms with Crippen molar-refractivity contribution >= 4 is 70.5 Å². The molecule has 2 heterocycles. The molecule has 0 unspecified atom stereocenters. The molecule has 8 aromatic carbocycles. The predicted octanol–water partition coefficient (Wildman–Crippen LogP) is 14.4. The van der Waals surface area contributed by atoms with Crippen LogP contribution in [-0.4, -0.2) is 0 Å². The molecule has 0 saturated carbocycles. The Bertz CT molecular complexity index is 2840. The van der Waals surface area contributed by atoms with Gasteiger partial charge in [0.15, 0.2) is 0 Å². The molecule has 0 atom stereocenters. The average Bonchev–Trinajstić information content (AvgIpc) is 3.78. The Morgan fingerprint density at radius 2 is 1.02 bits per heavy atom. The molecule has 2 nitrogen and oxygen atoms in total. The summed E-state index contributed by atoms with van der Waals surface area (Å²) < 4.78 is 9.28. The van der Waals surface area contributed by atoms with Crippen LogP contribution in [-0.2, 0) is 0 Å². The van der Waals surface area contributed by atoms with E-state index in [-0.39, 0.29) is 0 Å². The van der Waals surface area contributed by atoms with E-state index in [1.54, 1.807) is 0 Å². The third-order valence-electron chi connectivity index (χ3n) is 9.89. The fourth-order valence-corrected chi connectivity index (χ4v) is 8.75. The molecule has 0 bridgehead atoms. The third-order valence-corrected chi connectivity index (χ3v) is 11.1. The monoisotopic (exact) mass is 669 g/mol. The summed E-state index contributed by atoms with van der Waals surface area (Å²) in [5, 5.41) is 4.76. The highest BCUT2D eigenvalue weighted by Crippen LogP contribution is 2.48. The molecule has 0 N–H and O–H groups in total. The van der Waals surface area contributed by atoms with Crippen molar-refractivity contribution in [2.24, 2.45) is 0 Å². The number of hydrogen-bond donors (Lipinski definition) is 0. The van der Waals surface area contributed by atoms with Gasteiger partial charge >= 0.3 is 0 Å². The van der Waals surface area contributed by atoms with Crippen molar-refractivity contribution in [1.29, 1.82) is 0 Å². The van der Waals surface area contributed by atoms with Gasteiger partial charge in [-0.25, -0.2) is 0 Å². The summed E-state index contributed by atoms with van der Waals surface area (Å²) in [6.07, 6.45) is 0. The van der Waals surface area contributed by atoms with Gasteiger partial charge in [0.05, 0.1) is 11.1 Å². The quantitative estimate of drug-likeness (QED) is 0.175. The van der Waals surface area contributed by atoms with Gasteiger partial charge in [-0.05, 0) is 70.3 Å². The topological polar surface area (TPSA) is 16.4 Å². The number of hydrogen-bond acceptors (Lipinski definition) is 3. The van der Waals surface area contributed by atoms with Crippen LogP contribution in [0.25, 0.3) is 75.5 Å². The number of fused-ring (bicyclic) bond motifs is 6. The van der Waals surface area contributed by atoms with Crippen LogP contribution in [0.1, 0.15) is 0 Å². The van der Waals surface area contributed by atoms with Crippen LogP contribution < -0.4 is 4.90 Å². The summed E-state index contributed by atoms with van der Waals surface area (Å²) in [6.45, 7) is 0. The zero-order valence-corrected chi connectivity index (χ0v) is 28.5. The van der Waals surface area contributed by atoms with Crippen LogP contribution in [0.5, 0.6) is 0 Å². The van der Waals surface area contributed by atoms with E-state index in [0.717, 1.165) is 50.1 Å². The first kappa shape index (κ1) is 29.5. The number of nitrogens with zero attached hydrogens (tertiary/aromatic N) is 1. The number of para-hydroxylation sites is 1. The highest BCUT2D eigenvalue weighted by Gasteiger charge is 2.23. The molecule has 51 heavy (non-hydrogen) atoms. The maximum Gasteiger partial charge on any atom is 0.145 e. The Balaban J connectivity index is 1.22. The van der Waals surface area contributed by atoms with Gasteiger partial charge in [-0.1, -0.05) is 146 Å². The molecule has 10 rings (SSSR count). The van der Waals surface area contributed by atoms with Crippen LogP contribution in [0.15, 0.2) is 192 Å². The Kier molecular flexibility index (Phi) is 7.04. The summed E-state index contributed by atoms with van der Waals surface area (Å²) in [4.78, 5) is 2.40. The van der Waals surface area contributed by atoms with Gasteiger partial charge < -0.3 is 9.32 Å². The molecular formula is C48H31NOS. The lowest BCUT2D eigenvalue weighted by atomic mass is 9.99. The average molecular weight is 670 g/mol. The van der Waals surface area contributed by atoms with Gasteiger partial charge in [0.1, 0.15) is 11.2 Å². The Labute approximate surface area is 300 Å². The van der Waals surface area contributed by atoms with E-state index in [0.29, 0.717) is 0 Å². The molecular weight excluding hydrogens is 639 g/mol. The standard InChI is InChI=1S/C48H31NOS/c1-4-13-32(14-5-1)33-23-25-36(26-24-33)49(37-27-28-40-41-21-12-20-39(35-17-8-3-9-18-35)48(41)51-45(40)31-37)43-30-29-38(34-15-6-2-7-16-34)47-46(43)42-19-10-11-22-44(42)50-47/h1-31H. The van der Waals surface area contributed by atoms with Crippen molar-refractivity contribution < 1.29 is 4.42 Å². The van der Waals surface area contributed by atoms with Gasteiger partial charge in [0.25, 0.3) is 0 Å². The van der Waals surface area contributed by atoms with Crippen LogP contribution in [0, 0.1) is 0 Å². The smallest absolute Gasteiger partial charge is 0.145 e. The van der Waals surface area contributed by atoms with Crippen molar-refractivity contribution in [2.75, 3.05) is 4.90 Å². The van der Waals surface area contributed by atoms with Crippen molar-refractivity contribution in [2.45, 2.75) is 0 Å². The van der Waals surface area contributed by atoms with Gasteiger partial charge in [-0.15, -0.1) is 11.3 Å². The van der Waals surface area contributed by atoms with Crippen molar-refractivity contribution in [3.63, 3.8) is 0 Å². The molecule has 240 valence electrons. The molecule has 0 saturated heterocycles. The van der Waals surface area contributed by atoms with Crippen LogP contribution in [0.3, 0.4) is 0 Å². The van der Waals surface area contributed by atoms with Crippen LogP contribution in [0.4, 0.5) is 17.1 Å². The van der Waals surface area contributed by atoms with E-state index in [9.17, 15) is 0 Å². The van der Waals surface area contributed by atoms with E-state index in [4.69, 9.17) is 4.42 Å². The molecule has 0 amide bonds. The third kappa shape index (κ3) is 5.01. The SMILES string of the molecule is c1ccc(-c2ccc(N(c3ccc4c(c3)sc3c(-c5ccccc5)cccc34)c3ccc(-c4ccccc4)c4oc5ccccc5c34)cc2)cc1. The minimum atomic E-state index is 0.880. The van der Waals surface area contributed by atoms with E-state index < -0.39 is 0 Å². The molecule has 0 aliphatic carbocycles. The minimum absolute atomic E-state index is 0.880. The maximum atomic E-state index is 6.72. The summed E-state index contributed by atoms with van der Waals surface area (Å²) in [6, 6.07) is 67.2. The van der Waals surface area contributed by atoms with E-state index >= 15 is 0 Å². The van der Waals surface area contributed by atoms with E-state index in [2.05, 4.69) is 187 Å². The first-order chi connectivity index (χ1) is 25.3. The van der Waals surface area contributed by atoms with Gasteiger partial charge in [-0.2, -0.15) is 0 Å². The lowest BCUT2D eigenvalue weighted by molar-refractivity contribution is 0.670. The largest absolute Gasteiger partial charge is 0.455 e. The first-order valence-corrected chi connectivity index (χ1v) is 18.1. The van der Waals surface area contributed by atoms with Crippen molar-refractivity contribution in [3.05, 3.63) is 188 Å². The van der Waals surface area contributed by atoms with E-state index in [1.165, 1.54) is 42.4 Å². The number of thiophene rings is 1. The van der Waals surface area contributed by atoms with Crippen molar-refractivity contribution in [1.82, 2.24) is 0 Å². The molecule has 0 spiro atoms. The van der Waals surface area contributed by atoms with Gasteiger partial charge in [0, 0.05) is 42.5 Å². The second-order valence-corrected chi connectivity index (χ2v) is 13.9. The van der Waals surface area contributed by atoms with Crippen LogP contribution in [0.2, 0.25) is 0 Å². The minimum Gasteiger partial charge on any atom is -0.455 e. The van der Waals surface area contributed by atoms with Crippen LogP contribution >= 0.6 is 11.3 Å². The Hall–Kier alpha value is -6.42. The normalized spacial score (nSPS) is 11.5. The molecule has 0 aliphatic rings. The highest BCUT2D eigenvalue weighted by molar-refractivity contribution is 7.26. The number of furan rings is 1. The molecule has 0 radical (unpaired) electrons. The molecule has 2 aromatic heterocycles. The number of anilines is 3. The Morgan fingerprint density at radius 1 is 0.412 bits per heavy atom. The lowest BCUT2D eigenvalue weighted by Gasteiger charge is -2.27. The highest BCUT2D eigenvalue weighted by atomic mass is 32.1. The first-order valence-electron chi connectivity index (χ1n) is 17.3. The predicted molar refractivity (Wildman–Crippen MR) is 218 cm³/mol. The lowest BCUT2D eigenvalue weighted by Crippen LogP contribution is -2.10. The molecule has 0 aliphatic heterocycles. The van der Waals surface area contributed by atoms with Gasteiger partial charge in [0.2, 0.25) is 0 Å². The van der Waals surface area contributed by atoms with E-state index in [1.807, 2.05) is 17.4 Å². The second-order valence-electron chi connectivity index (χ2n) is 12.9. The number of rotatable bonds is 6. The summed E-state index contributed by atoms with van der Waals surface area (Å²) in [5.74, 6) is 0. The molecule has 0 fully saturated rings. The molecule has 10 aromatic rings. The maximum absolute atomic E-state index is 6.72. The molecule has 3 heteroatoms. The number of benzene rings is 8. The fraction of sp³-hybridized carbons (Fsp3) is 0. The zero-order chi connectivity index (χ0) is 33.7. The summed E-state index contributed by atoms with van der Waals surface area (Å²) in [5.41, 5.74) is 12.1. The summed E-state index contributed by atoms with van der Waals surface area (Å²) in [7, 11) is 0. The van der Waals surface area contributed by atoms with Gasteiger partial charge in [-0.3, -0.25) is 0 Å². The summed E-state index contributed by atoms with van der Waals surface area (Å²) >= 11 is 1.87. The second kappa shape index (κ2) is 12.2. The Morgan fingerprint density at radius 3 is 1.76 bits per heavy atom. The fourth-order valence-electron chi connectivity index (χ4n) is 7.47.